The van der Waals surface area contributed by atoms with Gasteiger partial charge in [-0.05, 0) is 37.8 Å². The molecule has 0 saturated carbocycles. The van der Waals surface area contributed by atoms with Crippen molar-refractivity contribution in [3.8, 4) is 6.07 Å². The maximum Gasteiger partial charge on any atom is 0.235 e. The molecule has 1 amide bonds. The number of carbonyl (C=O) groups excluding carboxylic acids is 1. The molecular formula is C21H25N3O2S. The first-order valence-electron chi connectivity index (χ1n) is 9.23. The van der Waals surface area contributed by atoms with Crippen LogP contribution in [0.2, 0.25) is 0 Å². The monoisotopic (exact) mass is 383 g/mol. The highest BCUT2D eigenvalue weighted by molar-refractivity contribution is 7.99. The van der Waals surface area contributed by atoms with Gasteiger partial charge >= 0.3 is 0 Å². The second-order valence-corrected chi connectivity index (χ2v) is 7.80. The SMILES string of the molecule is Cc1c(C#N)c(NC(=O)CSCc2ccccc2)n(C[C@H]2CCCO2)c1C. The van der Waals surface area contributed by atoms with Gasteiger partial charge in [0.25, 0.3) is 0 Å². The van der Waals surface area contributed by atoms with Crippen molar-refractivity contribution >= 4 is 23.5 Å². The molecular weight excluding hydrogens is 358 g/mol. The molecule has 1 saturated heterocycles. The molecule has 1 atom stereocenters. The van der Waals surface area contributed by atoms with Crippen LogP contribution in [0.25, 0.3) is 0 Å². The van der Waals surface area contributed by atoms with E-state index in [0.29, 0.717) is 23.7 Å². The molecule has 0 aliphatic carbocycles. The first kappa shape index (κ1) is 19.5. The topological polar surface area (TPSA) is 67.0 Å². The molecule has 0 bridgehead atoms. The van der Waals surface area contributed by atoms with E-state index in [4.69, 9.17) is 4.74 Å². The number of carbonyl (C=O) groups is 1. The molecule has 1 aromatic heterocycles. The minimum absolute atomic E-state index is 0.0847. The number of benzene rings is 1. The molecule has 1 fully saturated rings. The molecule has 5 nitrogen and oxygen atoms in total. The van der Waals surface area contributed by atoms with Gasteiger partial charge in [-0.3, -0.25) is 4.79 Å². The van der Waals surface area contributed by atoms with Gasteiger partial charge in [0, 0.05) is 18.1 Å². The quantitative estimate of drug-likeness (QED) is 0.784. The van der Waals surface area contributed by atoms with Crippen LogP contribution in [-0.4, -0.2) is 28.9 Å². The lowest BCUT2D eigenvalue weighted by molar-refractivity contribution is -0.113. The molecule has 6 heteroatoms. The number of aromatic nitrogens is 1. The average Bonchev–Trinajstić information content (AvgIpc) is 3.26. The summed E-state index contributed by atoms with van der Waals surface area (Å²) >= 11 is 1.57. The molecule has 1 aliphatic rings. The normalized spacial score (nSPS) is 16.3. The zero-order valence-corrected chi connectivity index (χ0v) is 16.6. The number of ether oxygens (including phenoxy) is 1. The Morgan fingerprint density at radius 1 is 1.37 bits per heavy atom. The summed E-state index contributed by atoms with van der Waals surface area (Å²) in [5, 5.41) is 12.6. The molecule has 0 unspecified atom stereocenters. The van der Waals surface area contributed by atoms with Crippen molar-refractivity contribution in [1.29, 1.82) is 5.26 Å². The Morgan fingerprint density at radius 3 is 2.81 bits per heavy atom. The minimum Gasteiger partial charge on any atom is -0.376 e. The predicted octanol–water partition coefficient (Wildman–Crippen LogP) is 4.03. The lowest BCUT2D eigenvalue weighted by Crippen LogP contribution is -2.22. The number of amides is 1. The fourth-order valence-corrected chi connectivity index (χ4v) is 4.14. The number of nitrogens with zero attached hydrogens (tertiary/aromatic N) is 2. The van der Waals surface area contributed by atoms with Gasteiger partial charge in [-0.15, -0.1) is 11.8 Å². The van der Waals surface area contributed by atoms with Crippen molar-refractivity contribution in [3.05, 3.63) is 52.7 Å². The Labute approximate surface area is 164 Å². The van der Waals surface area contributed by atoms with Crippen LogP contribution < -0.4 is 5.32 Å². The smallest absolute Gasteiger partial charge is 0.235 e. The van der Waals surface area contributed by atoms with Gasteiger partial charge in [0.2, 0.25) is 5.91 Å². The molecule has 2 heterocycles. The van der Waals surface area contributed by atoms with Crippen LogP contribution in [0.4, 0.5) is 5.82 Å². The molecule has 2 aromatic rings. The number of anilines is 1. The number of hydrogen-bond donors (Lipinski definition) is 1. The van der Waals surface area contributed by atoms with E-state index in [0.717, 1.165) is 36.5 Å². The van der Waals surface area contributed by atoms with Crippen LogP contribution in [0.3, 0.4) is 0 Å². The first-order valence-corrected chi connectivity index (χ1v) is 10.4. The summed E-state index contributed by atoms with van der Waals surface area (Å²) in [6.45, 7) is 5.37. The maximum atomic E-state index is 12.5. The zero-order valence-electron chi connectivity index (χ0n) is 15.8. The summed E-state index contributed by atoms with van der Waals surface area (Å²) in [6.07, 6.45) is 2.22. The fourth-order valence-electron chi connectivity index (χ4n) is 3.35. The third-order valence-electron chi connectivity index (χ3n) is 4.95. The Hall–Kier alpha value is -2.23. The van der Waals surface area contributed by atoms with Gasteiger partial charge in [0.1, 0.15) is 11.9 Å². The number of rotatable bonds is 7. The summed E-state index contributed by atoms with van der Waals surface area (Å²) in [5.74, 6) is 1.66. The van der Waals surface area contributed by atoms with E-state index in [1.807, 2.05) is 36.6 Å². The summed E-state index contributed by atoms with van der Waals surface area (Å²) in [5.41, 5.74) is 3.67. The van der Waals surface area contributed by atoms with Crippen molar-refractivity contribution < 1.29 is 9.53 Å². The molecule has 1 N–H and O–H groups in total. The highest BCUT2D eigenvalue weighted by Crippen LogP contribution is 2.28. The zero-order chi connectivity index (χ0) is 19.2. The predicted molar refractivity (Wildman–Crippen MR) is 109 cm³/mol. The Balaban J connectivity index is 1.67. The van der Waals surface area contributed by atoms with Crippen molar-refractivity contribution in [1.82, 2.24) is 4.57 Å². The van der Waals surface area contributed by atoms with Crippen molar-refractivity contribution in [2.24, 2.45) is 0 Å². The molecule has 1 aromatic carbocycles. The van der Waals surface area contributed by atoms with E-state index < -0.39 is 0 Å². The standard InChI is InChI=1S/C21H25N3O2S/c1-15-16(2)24(12-18-9-6-10-26-18)21(19(15)11-22)23-20(25)14-27-13-17-7-4-3-5-8-17/h3-5,7-8,18H,6,9-10,12-14H2,1-2H3,(H,23,25)/t18-/m1/s1. The minimum atomic E-state index is -0.0847. The van der Waals surface area contributed by atoms with Crippen LogP contribution in [0, 0.1) is 25.2 Å². The van der Waals surface area contributed by atoms with E-state index in [1.165, 1.54) is 5.56 Å². The summed E-state index contributed by atoms with van der Waals surface area (Å²) < 4.78 is 7.78. The number of nitriles is 1. The second-order valence-electron chi connectivity index (χ2n) is 6.82. The van der Waals surface area contributed by atoms with Gasteiger partial charge in [0.05, 0.1) is 24.0 Å². The van der Waals surface area contributed by atoms with Crippen LogP contribution in [0.5, 0.6) is 0 Å². The highest BCUT2D eigenvalue weighted by atomic mass is 32.2. The lowest BCUT2D eigenvalue weighted by atomic mass is 10.2. The van der Waals surface area contributed by atoms with Gasteiger partial charge in [-0.2, -0.15) is 5.26 Å². The number of hydrogen-bond acceptors (Lipinski definition) is 4. The third-order valence-corrected chi connectivity index (χ3v) is 5.96. The first-order chi connectivity index (χ1) is 13.1. The van der Waals surface area contributed by atoms with Gasteiger partial charge in [-0.1, -0.05) is 30.3 Å². The fraction of sp³-hybridized carbons (Fsp3) is 0.429. The molecule has 0 spiro atoms. The van der Waals surface area contributed by atoms with Crippen LogP contribution in [0.15, 0.2) is 30.3 Å². The van der Waals surface area contributed by atoms with E-state index in [9.17, 15) is 10.1 Å². The lowest BCUT2D eigenvalue weighted by Gasteiger charge is -2.16. The van der Waals surface area contributed by atoms with Gasteiger partial charge in [-0.25, -0.2) is 0 Å². The average molecular weight is 384 g/mol. The summed E-state index contributed by atoms with van der Waals surface area (Å²) in [4.78, 5) is 12.5. The Morgan fingerprint density at radius 2 is 2.15 bits per heavy atom. The highest BCUT2D eigenvalue weighted by Gasteiger charge is 2.23. The van der Waals surface area contributed by atoms with E-state index in [1.54, 1.807) is 11.8 Å². The van der Waals surface area contributed by atoms with Gasteiger partial charge in [0.15, 0.2) is 0 Å². The second kappa shape index (κ2) is 9.12. The van der Waals surface area contributed by atoms with E-state index in [2.05, 4.69) is 23.5 Å². The molecule has 142 valence electrons. The largest absolute Gasteiger partial charge is 0.376 e. The van der Waals surface area contributed by atoms with Crippen LogP contribution >= 0.6 is 11.8 Å². The summed E-state index contributed by atoms with van der Waals surface area (Å²) in [7, 11) is 0. The van der Waals surface area contributed by atoms with Crippen molar-refractivity contribution in [2.75, 3.05) is 17.7 Å². The third kappa shape index (κ3) is 4.74. The van der Waals surface area contributed by atoms with Crippen LogP contribution in [0.1, 0.15) is 35.2 Å². The van der Waals surface area contributed by atoms with Gasteiger partial charge < -0.3 is 14.6 Å². The number of thioether (sulfide) groups is 1. The maximum absolute atomic E-state index is 12.5. The van der Waals surface area contributed by atoms with Crippen molar-refractivity contribution in [2.45, 2.75) is 45.1 Å². The molecule has 27 heavy (non-hydrogen) atoms. The molecule has 0 radical (unpaired) electrons. The van der Waals surface area contributed by atoms with Crippen molar-refractivity contribution in [3.63, 3.8) is 0 Å². The Bertz CT molecular complexity index is 833. The molecule has 1 aliphatic heterocycles. The summed E-state index contributed by atoms with van der Waals surface area (Å²) in [6, 6.07) is 12.3. The van der Waals surface area contributed by atoms with E-state index in [-0.39, 0.29) is 12.0 Å². The van der Waals surface area contributed by atoms with Crippen LogP contribution in [-0.2, 0) is 21.8 Å². The molecule has 3 rings (SSSR count). The number of nitrogens with one attached hydrogen (secondary N) is 1. The van der Waals surface area contributed by atoms with E-state index >= 15 is 0 Å². The Kier molecular flexibility index (Phi) is 6.59.